The second-order valence-corrected chi connectivity index (χ2v) is 7.24. The third kappa shape index (κ3) is 4.05. The van der Waals surface area contributed by atoms with Crippen molar-refractivity contribution >= 4 is 5.91 Å². The Labute approximate surface area is 154 Å². The molecule has 0 bridgehead atoms. The number of aromatic nitrogens is 1. The molecule has 5 heteroatoms. The first kappa shape index (κ1) is 17.0. The van der Waals surface area contributed by atoms with Crippen LogP contribution in [0.25, 0.3) is 0 Å². The monoisotopic (exact) mass is 351 g/mol. The molecule has 1 aromatic heterocycles. The summed E-state index contributed by atoms with van der Waals surface area (Å²) in [7, 11) is 0. The largest absolute Gasteiger partial charge is 0.492 e. The number of nitrogens with zero attached hydrogens (tertiary/aromatic N) is 2. The van der Waals surface area contributed by atoms with E-state index in [-0.39, 0.29) is 17.9 Å². The Morgan fingerprint density at radius 1 is 1.19 bits per heavy atom. The van der Waals surface area contributed by atoms with Crippen LogP contribution >= 0.6 is 0 Å². The standard InChI is InChI=1S/C21H25N3O2/c25-21(18-12-17-5-1-2-6-20(17)26-15-18)23-19-7-10-24(11-8-19)14-16-4-3-9-22-13-16/h1-6,9,13,18-19H,7-8,10-12,14-15H2,(H,23,25)/t18-/m0/s1. The van der Waals surface area contributed by atoms with Crippen molar-refractivity contribution in [1.29, 1.82) is 0 Å². The summed E-state index contributed by atoms with van der Waals surface area (Å²) in [6.45, 7) is 3.41. The van der Waals surface area contributed by atoms with Crippen LogP contribution in [0.4, 0.5) is 0 Å². The van der Waals surface area contributed by atoms with Crippen molar-refractivity contribution < 1.29 is 9.53 Å². The molecule has 5 nitrogen and oxygen atoms in total. The van der Waals surface area contributed by atoms with Gasteiger partial charge in [0.2, 0.25) is 5.91 Å². The quantitative estimate of drug-likeness (QED) is 0.919. The van der Waals surface area contributed by atoms with Gasteiger partial charge in [0, 0.05) is 38.1 Å². The number of nitrogens with one attached hydrogen (secondary N) is 1. The minimum Gasteiger partial charge on any atom is -0.492 e. The molecule has 1 saturated heterocycles. The zero-order valence-electron chi connectivity index (χ0n) is 14.9. The van der Waals surface area contributed by atoms with Gasteiger partial charge in [0.1, 0.15) is 12.4 Å². The van der Waals surface area contributed by atoms with Crippen LogP contribution in [0.5, 0.6) is 5.75 Å². The summed E-state index contributed by atoms with van der Waals surface area (Å²) in [4.78, 5) is 19.2. The molecule has 4 rings (SSSR count). The molecule has 0 saturated carbocycles. The van der Waals surface area contributed by atoms with Crippen LogP contribution in [0, 0.1) is 5.92 Å². The van der Waals surface area contributed by atoms with E-state index in [9.17, 15) is 4.79 Å². The average Bonchev–Trinajstić information content (AvgIpc) is 2.70. The van der Waals surface area contributed by atoms with Crippen LogP contribution in [0.2, 0.25) is 0 Å². The Morgan fingerprint density at radius 3 is 2.85 bits per heavy atom. The average molecular weight is 351 g/mol. The zero-order chi connectivity index (χ0) is 17.8. The van der Waals surface area contributed by atoms with E-state index < -0.39 is 0 Å². The van der Waals surface area contributed by atoms with Crippen LogP contribution in [-0.2, 0) is 17.8 Å². The molecule has 0 spiro atoms. The highest BCUT2D eigenvalue weighted by atomic mass is 16.5. The first-order chi connectivity index (χ1) is 12.8. The summed E-state index contributed by atoms with van der Waals surface area (Å²) in [5.74, 6) is 0.962. The van der Waals surface area contributed by atoms with Gasteiger partial charge in [0.05, 0.1) is 5.92 Å². The van der Waals surface area contributed by atoms with Gasteiger partial charge in [-0.05, 0) is 42.5 Å². The molecule has 0 unspecified atom stereocenters. The maximum atomic E-state index is 12.6. The molecule has 2 aromatic rings. The lowest BCUT2D eigenvalue weighted by Crippen LogP contribution is -2.47. The number of carbonyl (C=O) groups excluding carboxylic acids is 1. The van der Waals surface area contributed by atoms with Gasteiger partial charge in [-0.15, -0.1) is 0 Å². The van der Waals surface area contributed by atoms with E-state index >= 15 is 0 Å². The van der Waals surface area contributed by atoms with Gasteiger partial charge in [-0.25, -0.2) is 0 Å². The second-order valence-electron chi connectivity index (χ2n) is 7.24. The molecule has 1 atom stereocenters. The van der Waals surface area contributed by atoms with Crippen molar-refractivity contribution in [3.05, 3.63) is 59.9 Å². The molecule has 26 heavy (non-hydrogen) atoms. The number of rotatable bonds is 4. The Bertz CT molecular complexity index is 742. The Hall–Kier alpha value is -2.40. The van der Waals surface area contributed by atoms with Gasteiger partial charge in [-0.1, -0.05) is 24.3 Å². The summed E-state index contributed by atoms with van der Waals surface area (Å²) < 4.78 is 5.75. The number of hydrogen-bond acceptors (Lipinski definition) is 4. The molecular weight excluding hydrogens is 326 g/mol. The molecule has 0 radical (unpaired) electrons. The SMILES string of the molecule is O=C(NC1CCN(Cc2cccnc2)CC1)[C@@H]1COc2ccccc2C1. The number of likely N-dealkylation sites (tertiary alicyclic amines) is 1. The summed E-state index contributed by atoms with van der Waals surface area (Å²) >= 11 is 0. The number of hydrogen-bond donors (Lipinski definition) is 1. The minimum absolute atomic E-state index is 0.0849. The molecule has 2 aliphatic heterocycles. The number of benzene rings is 1. The summed E-state index contributed by atoms with van der Waals surface area (Å²) in [5, 5.41) is 3.25. The highest BCUT2D eigenvalue weighted by Gasteiger charge is 2.28. The number of ether oxygens (including phenoxy) is 1. The number of para-hydroxylation sites is 1. The van der Waals surface area contributed by atoms with Crippen molar-refractivity contribution in [1.82, 2.24) is 15.2 Å². The maximum absolute atomic E-state index is 12.6. The Morgan fingerprint density at radius 2 is 2.04 bits per heavy atom. The molecular formula is C21H25N3O2. The third-order valence-corrected chi connectivity index (χ3v) is 5.31. The van der Waals surface area contributed by atoms with Crippen LogP contribution < -0.4 is 10.1 Å². The number of fused-ring (bicyclic) bond motifs is 1. The topological polar surface area (TPSA) is 54.5 Å². The number of carbonyl (C=O) groups is 1. The Kier molecular flexibility index (Phi) is 5.16. The van der Waals surface area contributed by atoms with Crippen molar-refractivity contribution in [3.63, 3.8) is 0 Å². The first-order valence-corrected chi connectivity index (χ1v) is 9.40. The number of pyridine rings is 1. The van der Waals surface area contributed by atoms with E-state index in [0.29, 0.717) is 6.61 Å². The summed E-state index contributed by atoms with van der Waals surface area (Å²) in [6, 6.07) is 12.4. The molecule has 3 heterocycles. The summed E-state index contributed by atoms with van der Waals surface area (Å²) in [5.41, 5.74) is 2.37. The smallest absolute Gasteiger partial charge is 0.227 e. The van der Waals surface area contributed by atoms with Gasteiger partial charge in [0.25, 0.3) is 0 Å². The Balaban J connectivity index is 1.25. The van der Waals surface area contributed by atoms with Gasteiger partial charge in [-0.3, -0.25) is 14.7 Å². The number of amides is 1. The molecule has 1 fully saturated rings. The molecule has 1 amide bonds. The maximum Gasteiger partial charge on any atom is 0.227 e. The third-order valence-electron chi connectivity index (χ3n) is 5.31. The van der Waals surface area contributed by atoms with E-state index in [1.165, 1.54) is 5.56 Å². The fourth-order valence-electron chi connectivity index (χ4n) is 3.80. The molecule has 136 valence electrons. The van der Waals surface area contributed by atoms with E-state index in [1.54, 1.807) is 6.20 Å². The normalized spacial score (nSPS) is 20.8. The molecule has 1 aromatic carbocycles. The van der Waals surface area contributed by atoms with Crippen molar-refractivity contribution in [2.24, 2.45) is 5.92 Å². The fraction of sp³-hybridized carbons (Fsp3) is 0.429. The van der Waals surface area contributed by atoms with E-state index in [1.807, 2.05) is 36.5 Å². The minimum atomic E-state index is -0.0849. The second kappa shape index (κ2) is 7.87. The first-order valence-electron chi connectivity index (χ1n) is 9.40. The van der Waals surface area contributed by atoms with E-state index in [0.717, 1.165) is 50.2 Å². The van der Waals surface area contributed by atoms with Crippen LogP contribution in [0.3, 0.4) is 0 Å². The van der Waals surface area contributed by atoms with Crippen LogP contribution in [0.15, 0.2) is 48.8 Å². The highest BCUT2D eigenvalue weighted by molar-refractivity contribution is 5.80. The van der Waals surface area contributed by atoms with E-state index in [4.69, 9.17) is 4.74 Å². The molecule has 2 aliphatic rings. The van der Waals surface area contributed by atoms with Crippen molar-refractivity contribution in [2.75, 3.05) is 19.7 Å². The zero-order valence-corrected chi connectivity index (χ0v) is 14.9. The van der Waals surface area contributed by atoms with Crippen molar-refractivity contribution in [3.8, 4) is 5.75 Å². The van der Waals surface area contributed by atoms with Crippen LogP contribution in [-0.4, -0.2) is 41.5 Å². The number of piperidine rings is 1. The lowest BCUT2D eigenvalue weighted by atomic mass is 9.95. The van der Waals surface area contributed by atoms with Gasteiger partial charge < -0.3 is 10.1 Å². The van der Waals surface area contributed by atoms with Crippen LogP contribution in [0.1, 0.15) is 24.0 Å². The predicted octanol–water partition coefficient (Wildman–Crippen LogP) is 2.41. The highest BCUT2D eigenvalue weighted by Crippen LogP contribution is 2.27. The lowest BCUT2D eigenvalue weighted by Gasteiger charge is -2.33. The van der Waals surface area contributed by atoms with Gasteiger partial charge in [0.15, 0.2) is 0 Å². The fourth-order valence-corrected chi connectivity index (χ4v) is 3.80. The molecule has 1 N–H and O–H groups in total. The molecule has 0 aliphatic carbocycles. The van der Waals surface area contributed by atoms with Gasteiger partial charge >= 0.3 is 0 Å². The van der Waals surface area contributed by atoms with E-state index in [2.05, 4.69) is 21.3 Å². The van der Waals surface area contributed by atoms with Gasteiger partial charge in [-0.2, -0.15) is 0 Å². The predicted molar refractivity (Wildman–Crippen MR) is 99.8 cm³/mol. The summed E-state index contributed by atoms with van der Waals surface area (Å²) in [6.07, 6.45) is 6.49. The van der Waals surface area contributed by atoms with Crippen molar-refractivity contribution in [2.45, 2.75) is 31.8 Å². The lowest BCUT2D eigenvalue weighted by molar-refractivity contribution is -0.127.